The third-order valence-corrected chi connectivity index (χ3v) is 5.93. The summed E-state index contributed by atoms with van der Waals surface area (Å²) in [6.45, 7) is 25.9. The van der Waals surface area contributed by atoms with Crippen molar-refractivity contribution in [2.45, 2.75) is 41.0 Å². The van der Waals surface area contributed by atoms with Crippen molar-refractivity contribution < 1.29 is 0 Å². The first-order valence-electron chi connectivity index (χ1n) is 13.2. The lowest BCUT2D eigenvalue weighted by molar-refractivity contribution is 1.12. The SMILES string of the molecule is C=C/C(=C\C(=C/C)CC)CNc1cc(-c2ccccc2C)cc(/C(C)=C\N)n1.C=C/C=C(C=C)/C=C/C(=C)C. The molecule has 3 nitrogen and oxygen atoms in total. The van der Waals surface area contributed by atoms with Crippen LogP contribution in [0.3, 0.4) is 0 Å². The summed E-state index contributed by atoms with van der Waals surface area (Å²) in [6, 6.07) is 12.5. The molecule has 0 radical (unpaired) electrons. The van der Waals surface area contributed by atoms with Crippen molar-refractivity contribution >= 4 is 11.4 Å². The highest BCUT2D eigenvalue weighted by atomic mass is 15.0. The number of benzene rings is 1. The Morgan fingerprint density at radius 1 is 1.03 bits per heavy atom. The molecule has 0 unspecified atom stereocenters. The summed E-state index contributed by atoms with van der Waals surface area (Å²) in [7, 11) is 0. The maximum absolute atomic E-state index is 5.75. The molecule has 39 heavy (non-hydrogen) atoms. The van der Waals surface area contributed by atoms with Crippen LogP contribution in [-0.4, -0.2) is 11.5 Å². The van der Waals surface area contributed by atoms with Crippen LogP contribution in [0.25, 0.3) is 16.7 Å². The minimum absolute atomic E-state index is 0.663. The molecule has 0 aliphatic heterocycles. The molecule has 0 aliphatic rings. The average Bonchev–Trinajstić information content (AvgIpc) is 2.95. The first kappa shape index (κ1) is 32.7. The molecule has 0 spiro atoms. The van der Waals surface area contributed by atoms with E-state index < -0.39 is 0 Å². The van der Waals surface area contributed by atoms with Crippen molar-refractivity contribution in [1.29, 1.82) is 0 Å². The summed E-state index contributed by atoms with van der Waals surface area (Å²) < 4.78 is 0. The molecule has 1 aromatic heterocycles. The van der Waals surface area contributed by atoms with Crippen LogP contribution in [0.15, 0.2) is 140 Å². The minimum atomic E-state index is 0.663. The highest BCUT2D eigenvalue weighted by molar-refractivity contribution is 5.74. The normalized spacial score (nSPS) is 12.4. The zero-order valence-corrected chi connectivity index (χ0v) is 24.4. The second-order valence-corrected chi connectivity index (χ2v) is 9.07. The topological polar surface area (TPSA) is 50.9 Å². The number of nitrogens with one attached hydrogen (secondary N) is 1. The van der Waals surface area contributed by atoms with E-state index in [9.17, 15) is 0 Å². The molecule has 1 aromatic carbocycles. The quantitative estimate of drug-likeness (QED) is 0.274. The van der Waals surface area contributed by atoms with Crippen LogP contribution in [0, 0.1) is 6.92 Å². The molecule has 1 heterocycles. The number of hydrogen-bond acceptors (Lipinski definition) is 3. The van der Waals surface area contributed by atoms with Gasteiger partial charge in [-0.3, -0.25) is 0 Å². The largest absolute Gasteiger partial charge is 0.404 e. The Bertz CT molecular complexity index is 1300. The molecule has 3 heteroatoms. The number of pyridine rings is 1. The Morgan fingerprint density at radius 2 is 1.74 bits per heavy atom. The van der Waals surface area contributed by atoms with E-state index in [0.29, 0.717) is 6.54 Å². The van der Waals surface area contributed by atoms with E-state index in [4.69, 9.17) is 10.7 Å². The van der Waals surface area contributed by atoms with E-state index in [1.54, 1.807) is 18.4 Å². The zero-order chi connectivity index (χ0) is 29.2. The standard InChI is InChI=1S/C25H31N3.C11H14/c1-6-20(7-2)13-21(8-3)17-27-25-15-22(14-24(28-25)19(5)16-26)23-12-10-9-11-18(23)4;1-5-7-11(6-2)9-8-10(3)4/h6,8-16H,3,7,17,26H2,1-2,4-5H3,(H,27,28);5-9H,1-3H2,4H3/b19-16-,20-6-,21-13+;9-8+,11-7+. The number of allylic oxidation sites excluding steroid dienone is 11. The maximum Gasteiger partial charge on any atom is 0.127 e. The number of aromatic nitrogens is 1. The van der Waals surface area contributed by atoms with Crippen molar-refractivity contribution in [2.24, 2.45) is 5.73 Å². The molecule has 2 aromatic rings. The van der Waals surface area contributed by atoms with Crippen molar-refractivity contribution in [3.63, 3.8) is 0 Å². The molecule has 2 rings (SSSR count). The third kappa shape index (κ3) is 11.7. The number of aryl methyl sites for hydroxylation is 1. The fourth-order valence-electron chi connectivity index (χ4n) is 3.53. The Balaban J connectivity index is 0.000000584. The van der Waals surface area contributed by atoms with Crippen LogP contribution in [-0.2, 0) is 0 Å². The summed E-state index contributed by atoms with van der Waals surface area (Å²) in [5.74, 6) is 0.822. The molecular formula is C36H45N3. The molecule has 0 fully saturated rings. The van der Waals surface area contributed by atoms with E-state index in [1.807, 2.05) is 38.2 Å². The average molecular weight is 520 g/mol. The Kier molecular flexibility index (Phi) is 15.1. The van der Waals surface area contributed by atoms with Gasteiger partial charge >= 0.3 is 0 Å². The number of rotatable bonds is 12. The predicted molar refractivity (Wildman–Crippen MR) is 175 cm³/mol. The first-order valence-corrected chi connectivity index (χ1v) is 13.2. The lowest BCUT2D eigenvalue weighted by atomic mass is 9.99. The van der Waals surface area contributed by atoms with Crippen LogP contribution in [0.5, 0.6) is 0 Å². The van der Waals surface area contributed by atoms with E-state index in [1.165, 1.54) is 16.7 Å². The molecule has 0 aliphatic carbocycles. The van der Waals surface area contributed by atoms with Gasteiger partial charge in [0, 0.05) is 6.54 Å². The number of anilines is 1. The molecular weight excluding hydrogens is 474 g/mol. The second-order valence-electron chi connectivity index (χ2n) is 9.07. The van der Waals surface area contributed by atoms with Crippen LogP contribution < -0.4 is 11.1 Å². The highest BCUT2D eigenvalue weighted by Crippen LogP contribution is 2.28. The lowest BCUT2D eigenvalue weighted by Gasteiger charge is -2.13. The minimum Gasteiger partial charge on any atom is -0.404 e. The molecule has 0 amide bonds. The summed E-state index contributed by atoms with van der Waals surface area (Å²) in [5, 5.41) is 3.45. The number of nitrogens with two attached hydrogens (primary N) is 1. The first-order chi connectivity index (χ1) is 18.7. The van der Waals surface area contributed by atoms with Gasteiger partial charge in [0.2, 0.25) is 0 Å². The van der Waals surface area contributed by atoms with Gasteiger partial charge < -0.3 is 11.1 Å². The molecule has 0 bridgehead atoms. The van der Waals surface area contributed by atoms with Crippen LogP contribution in [0.2, 0.25) is 0 Å². The fourth-order valence-corrected chi connectivity index (χ4v) is 3.53. The predicted octanol–water partition coefficient (Wildman–Crippen LogP) is 9.67. The van der Waals surface area contributed by atoms with E-state index in [2.05, 4.69) is 101 Å². The van der Waals surface area contributed by atoms with Gasteiger partial charge in [-0.25, -0.2) is 4.98 Å². The van der Waals surface area contributed by atoms with Crippen molar-refractivity contribution in [2.75, 3.05) is 11.9 Å². The molecule has 0 saturated carbocycles. The summed E-state index contributed by atoms with van der Waals surface area (Å²) in [5.41, 5.74) is 15.6. The molecule has 204 valence electrons. The fraction of sp³-hybridized carbons (Fsp3) is 0.194. The monoisotopic (exact) mass is 519 g/mol. The van der Waals surface area contributed by atoms with Crippen molar-refractivity contribution in [1.82, 2.24) is 4.98 Å². The van der Waals surface area contributed by atoms with Gasteiger partial charge in [-0.2, -0.15) is 0 Å². The Hall–Kier alpha value is -4.37. The van der Waals surface area contributed by atoms with Crippen molar-refractivity contribution in [3.05, 3.63) is 151 Å². The van der Waals surface area contributed by atoms with Gasteiger partial charge in [0.1, 0.15) is 5.82 Å². The van der Waals surface area contributed by atoms with E-state index >= 15 is 0 Å². The zero-order valence-electron chi connectivity index (χ0n) is 24.4. The Morgan fingerprint density at radius 3 is 2.28 bits per heavy atom. The van der Waals surface area contributed by atoms with Crippen LogP contribution >= 0.6 is 0 Å². The molecule has 0 saturated heterocycles. The van der Waals surface area contributed by atoms with Gasteiger partial charge in [-0.15, -0.1) is 0 Å². The van der Waals surface area contributed by atoms with Gasteiger partial charge in [-0.1, -0.05) is 117 Å². The van der Waals surface area contributed by atoms with E-state index in [0.717, 1.165) is 45.8 Å². The Labute approximate surface area is 237 Å². The van der Waals surface area contributed by atoms with Gasteiger partial charge in [0.05, 0.1) is 5.69 Å². The van der Waals surface area contributed by atoms with E-state index in [-0.39, 0.29) is 0 Å². The van der Waals surface area contributed by atoms with Crippen molar-refractivity contribution in [3.8, 4) is 11.1 Å². The number of hydrogen-bond donors (Lipinski definition) is 2. The molecule has 3 N–H and O–H groups in total. The summed E-state index contributed by atoms with van der Waals surface area (Å²) in [4.78, 5) is 4.75. The third-order valence-electron chi connectivity index (χ3n) is 5.93. The second kappa shape index (κ2) is 18.0. The summed E-state index contributed by atoms with van der Waals surface area (Å²) >= 11 is 0. The summed E-state index contributed by atoms with van der Waals surface area (Å²) in [6.07, 6.45) is 18.1. The van der Waals surface area contributed by atoms with Crippen LogP contribution in [0.4, 0.5) is 5.82 Å². The molecule has 0 atom stereocenters. The highest BCUT2D eigenvalue weighted by Gasteiger charge is 2.08. The smallest absolute Gasteiger partial charge is 0.127 e. The lowest BCUT2D eigenvalue weighted by Crippen LogP contribution is -2.07. The van der Waals surface area contributed by atoms with Gasteiger partial charge in [-0.05, 0) is 85.9 Å². The van der Waals surface area contributed by atoms with Crippen LogP contribution in [0.1, 0.15) is 45.4 Å². The van der Waals surface area contributed by atoms with Gasteiger partial charge in [0.25, 0.3) is 0 Å². The maximum atomic E-state index is 5.75. The number of nitrogens with zero attached hydrogens (tertiary/aromatic N) is 1. The van der Waals surface area contributed by atoms with Gasteiger partial charge in [0.15, 0.2) is 0 Å².